The van der Waals surface area contributed by atoms with Crippen molar-refractivity contribution < 1.29 is 18.8 Å². The number of hydrogen-bond acceptors (Lipinski definition) is 7. The van der Waals surface area contributed by atoms with Crippen LogP contribution in [0, 0.1) is 0 Å². The Labute approximate surface area is 194 Å². The van der Waals surface area contributed by atoms with Crippen molar-refractivity contribution in [2.75, 3.05) is 6.61 Å². The summed E-state index contributed by atoms with van der Waals surface area (Å²) in [7, 11) is 0. The summed E-state index contributed by atoms with van der Waals surface area (Å²) in [6.45, 7) is -0.225. The molecule has 8 nitrogen and oxygen atoms in total. The van der Waals surface area contributed by atoms with Gasteiger partial charge in [0.1, 0.15) is 5.75 Å². The van der Waals surface area contributed by atoms with Gasteiger partial charge in [0.15, 0.2) is 6.61 Å². The van der Waals surface area contributed by atoms with Crippen molar-refractivity contribution in [2.45, 2.75) is 19.3 Å². The molecule has 2 aromatic carbocycles. The molecule has 0 saturated carbocycles. The molecule has 2 N–H and O–H groups in total. The van der Waals surface area contributed by atoms with E-state index in [9.17, 15) is 9.59 Å². The van der Waals surface area contributed by atoms with Gasteiger partial charge in [0, 0.05) is 18.4 Å². The topological polar surface area (TPSA) is 106 Å². The molecule has 33 heavy (non-hydrogen) atoms. The monoisotopic (exact) mass is 462 g/mol. The molecular weight excluding hydrogens is 440 g/mol. The van der Waals surface area contributed by atoms with E-state index < -0.39 is 5.91 Å². The predicted molar refractivity (Wildman–Crippen MR) is 124 cm³/mol. The molecule has 0 aliphatic rings. The summed E-state index contributed by atoms with van der Waals surface area (Å²) in [4.78, 5) is 29.4. The van der Waals surface area contributed by atoms with Gasteiger partial charge in [-0.3, -0.25) is 20.4 Å². The molecule has 0 radical (unpaired) electrons. The van der Waals surface area contributed by atoms with E-state index in [0.717, 1.165) is 16.0 Å². The molecule has 2 heterocycles. The Morgan fingerprint density at radius 1 is 0.939 bits per heavy atom. The second kappa shape index (κ2) is 11.1. The number of hydrazine groups is 1. The van der Waals surface area contributed by atoms with Gasteiger partial charge in [-0.05, 0) is 29.5 Å². The van der Waals surface area contributed by atoms with E-state index in [1.165, 1.54) is 11.3 Å². The molecule has 0 aliphatic heterocycles. The van der Waals surface area contributed by atoms with Gasteiger partial charge in [0.25, 0.3) is 5.91 Å². The van der Waals surface area contributed by atoms with Crippen LogP contribution >= 0.6 is 11.3 Å². The van der Waals surface area contributed by atoms with Gasteiger partial charge < -0.3 is 9.26 Å². The summed E-state index contributed by atoms with van der Waals surface area (Å²) in [5.74, 6) is 0.840. The minimum atomic E-state index is -0.455. The van der Waals surface area contributed by atoms with Gasteiger partial charge in [0.2, 0.25) is 17.6 Å². The first-order valence-electron chi connectivity index (χ1n) is 10.4. The fourth-order valence-electron chi connectivity index (χ4n) is 3.09. The molecule has 0 bridgehead atoms. The van der Waals surface area contributed by atoms with Crippen LogP contribution < -0.4 is 15.6 Å². The van der Waals surface area contributed by atoms with Gasteiger partial charge >= 0.3 is 0 Å². The Balaban J connectivity index is 1.17. The molecule has 0 saturated heterocycles. The highest BCUT2D eigenvalue weighted by Crippen LogP contribution is 2.29. The second-order valence-electron chi connectivity index (χ2n) is 7.09. The average Bonchev–Trinajstić information content (AvgIpc) is 3.54. The van der Waals surface area contributed by atoms with Gasteiger partial charge in [-0.1, -0.05) is 59.8 Å². The summed E-state index contributed by atoms with van der Waals surface area (Å²) in [5.41, 5.74) is 6.64. The zero-order valence-electron chi connectivity index (χ0n) is 17.7. The number of thiophene rings is 1. The minimum absolute atomic E-state index is 0.203. The lowest BCUT2D eigenvalue weighted by molar-refractivity contribution is -0.130. The Hall–Kier alpha value is -3.98. The first-order valence-corrected chi connectivity index (χ1v) is 11.3. The first kappa shape index (κ1) is 22.2. The van der Waals surface area contributed by atoms with E-state index in [1.54, 1.807) is 6.07 Å². The standard InChI is InChI=1S/C24H22N4O4S/c29-21(13-6-14-23-25-24(28-32-23)20-12-7-15-33-20)26-27-22(30)16-31-19-11-5-4-10-18(19)17-8-2-1-3-9-17/h1-5,7-12,15H,6,13-14,16H2,(H,26,29)(H,27,30). The van der Waals surface area contributed by atoms with Crippen LogP contribution in [0.1, 0.15) is 18.7 Å². The molecule has 168 valence electrons. The number of rotatable bonds is 9. The quantitative estimate of drug-likeness (QED) is 0.364. The van der Waals surface area contributed by atoms with Gasteiger partial charge in [-0.2, -0.15) is 4.98 Å². The van der Waals surface area contributed by atoms with Crippen LogP contribution in [0.15, 0.2) is 76.6 Å². The van der Waals surface area contributed by atoms with Crippen molar-refractivity contribution in [2.24, 2.45) is 0 Å². The summed E-state index contributed by atoms with van der Waals surface area (Å²) in [6.07, 6.45) is 1.18. The second-order valence-corrected chi connectivity index (χ2v) is 8.04. The van der Waals surface area contributed by atoms with Gasteiger partial charge in [0.05, 0.1) is 4.88 Å². The SMILES string of the molecule is O=C(CCCc1nc(-c2cccs2)no1)NNC(=O)COc1ccccc1-c1ccccc1. The Kier molecular flexibility index (Phi) is 7.44. The zero-order chi connectivity index (χ0) is 22.9. The minimum Gasteiger partial charge on any atom is -0.483 e. The molecule has 0 unspecified atom stereocenters. The highest BCUT2D eigenvalue weighted by molar-refractivity contribution is 7.13. The van der Waals surface area contributed by atoms with Crippen molar-refractivity contribution in [1.29, 1.82) is 0 Å². The van der Waals surface area contributed by atoms with E-state index in [-0.39, 0.29) is 18.9 Å². The molecule has 0 atom stereocenters. The van der Waals surface area contributed by atoms with Crippen LogP contribution in [0.3, 0.4) is 0 Å². The zero-order valence-corrected chi connectivity index (χ0v) is 18.5. The van der Waals surface area contributed by atoms with Crippen LogP contribution in [-0.4, -0.2) is 28.6 Å². The summed E-state index contributed by atoms with van der Waals surface area (Å²) in [5, 5.41) is 5.88. The number of aromatic nitrogens is 2. The number of ether oxygens (including phenoxy) is 1. The van der Waals surface area contributed by atoms with Crippen molar-refractivity contribution in [3.8, 4) is 27.6 Å². The normalized spacial score (nSPS) is 10.5. The maximum atomic E-state index is 12.1. The molecule has 4 aromatic rings. The average molecular weight is 463 g/mol. The fraction of sp³-hybridized carbons (Fsp3) is 0.167. The van der Waals surface area contributed by atoms with Gasteiger partial charge in [-0.25, -0.2) is 0 Å². The van der Waals surface area contributed by atoms with E-state index in [1.807, 2.05) is 66.0 Å². The van der Waals surface area contributed by atoms with Crippen molar-refractivity contribution >= 4 is 23.2 Å². The van der Waals surface area contributed by atoms with E-state index >= 15 is 0 Å². The van der Waals surface area contributed by atoms with Gasteiger partial charge in [-0.15, -0.1) is 11.3 Å². The predicted octanol–water partition coefficient (Wildman–Crippen LogP) is 4.01. The molecule has 2 amide bonds. The summed E-state index contributed by atoms with van der Waals surface area (Å²) >= 11 is 1.53. The number of para-hydroxylation sites is 1. The largest absolute Gasteiger partial charge is 0.483 e. The smallest absolute Gasteiger partial charge is 0.276 e. The lowest BCUT2D eigenvalue weighted by Crippen LogP contribution is -2.43. The summed E-state index contributed by atoms with van der Waals surface area (Å²) < 4.78 is 10.9. The van der Waals surface area contributed by atoms with Crippen LogP contribution in [0.2, 0.25) is 0 Å². The number of benzene rings is 2. The lowest BCUT2D eigenvalue weighted by atomic mass is 10.1. The van der Waals surface area contributed by atoms with Crippen molar-refractivity contribution in [3.63, 3.8) is 0 Å². The molecule has 9 heteroatoms. The number of amides is 2. The van der Waals surface area contributed by atoms with Crippen LogP contribution in [0.5, 0.6) is 5.75 Å². The first-order chi connectivity index (χ1) is 16.2. The molecule has 2 aromatic heterocycles. The van der Waals surface area contributed by atoms with Crippen LogP contribution in [0.25, 0.3) is 21.8 Å². The van der Waals surface area contributed by atoms with Crippen LogP contribution in [-0.2, 0) is 16.0 Å². The Morgan fingerprint density at radius 3 is 2.55 bits per heavy atom. The maximum Gasteiger partial charge on any atom is 0.276 e. The van der Waals surface area contributed by atoms with E-state index in [2.05, 4.69) is 21.0 Å². The lowest BCUT2D eigenvalue weighted by Gasteiger charge is -2.12. The molecule has 0 fully saturated rings. The summed E-state index contributed by atoms with van der Waals surface area (Å²) in [6, 6.07) is 21.1. The van der Waals surface area contributed by atoms with E-state index in [0.29, 0.717) is 30.3 Å². The third kappa shape index (κ3) is 6.27. The highest BCUT2D eigenvalue weighted by Gasteiger charge is 2.12. The fourth-order valence-corrected chi connectivity index (χ4v) is 3.74. The number of nitrogens with one attached hydrogen (secondary N) is 2. The highest BCUT2D eigenvalue weighted by atomic mass is 32.1. The van der Waals surface area contributed by atoms with E-state index in [4.69, 9.17) is 9.26 Å². The number of carbonyl (C=O) groups is 2. The maximum absolute atomic E-state index is 12.1. The van der Waals surface area contributed by atoms with Crippen molar-refractivity contribution in [1.82, 2.24) is 21.0 Å². The molecular formula is C24H22N4O4S. The number of hydrogen-bond donors (Lipinski definition) is 2. The molecule has 0 aliphatic carbocycles. The third-order valence-corrected chi connectivity index (χ3v) is 5.54. The number of aryl methyl sites for hydroxylation is 1. The number of nitrogens with zero attached hydrogens (tertiary/aromatic N) is 2. The van der Waals surface area contributed by atoms with Crippen LogP contribution in [0.4, 0.5) is 0 Å². The Bertz CT molecular complexity index is 1190. The Morgan fingerprint density at radius 2 is 1.73 bits per heavy atom. The number of carbonyl (C=O) groups excluding carboxylic acids is 2. The third-order valence-electron chi connectivity index (χ3n) is 4.68. The van der Waals surface area contributed by atoms with Crippen molar-refractivity contribution in [3.05, 3.63) is 78.0 Å². The molecule has 0 spiro atoms. The molecule has 4 rings (SSSR count).